The second-order valence-electron chi connectivity index (χ2n) is 5.26. The standard InChI is InChI=1S/C18H23ClN2O6/c1-5-26-15-9-7-8-14(19)13(15)11-21(16(22)10-17(23)25-4)20-12(3)18(24)27-6-2/h7-9H,5-6,10-11H2,1-4H3. The van der Waals surface area contributed by atoms with Crippen molar-refractivity contribution in [3.63, 3.8) is 0 Å². The van der Waals surface area contributed by atoms with Gasteiger partial charge in [0.1, 0.15) is 17.9 Å². The number of hydrazone groups is 1. The number of rotatable bonds is 9. The van der Waals surface area contributed by atoms with Gasteiger partial charge in [0, 0.05) is 10.6 Å². The Kier molecular flexibility index (Phi) is 9.29. The lowest BCUT2D eigenvalue weighted by Gasteiger charge is -2.20. The van der Waals surface area contributed by atoms with Crippen molar-refractivity contribution in [2.75, 3.05) is 20.3 Å². The predicted molar refractivity (Wildman–Crippen MR) is 99.5 cm³/mol. The Morgan fingerprint density at radius 2 is 1.89 bits per heavy atom. The van der Waals surface area contributed by atoms with Crippen LogP contribution in [0.5, 0.6) is 5.75 Å². The van der Waals surface area contributed by atoms with Crippen LogP contribution in [-0.4, -0.2) is 48.9 Å². The van der Waals surface area contributed by atoms with Gasteiger partial charge in [-0.05, 0) is 32.9 Å². The molecule has 0 radical (unpaired) electrons. The number of hydrogen-bond acceptors (Lipinski definition) is 7. The van der Waals surface area contributed by atoms with Gasteiger partial charge >= 0.3 is 11.9 Å². The molecule has 0 spiro atoms. The van der Waals surface area contributed by atoms with E-state index in [-0.39, 0.29) is 18.9 Å². The molecule has 0 saturated carbocycles. The van der Waals surface area contributed by atoms with Gasteiger partial charge < -0.3 is 14.2 Å². The van der Waals surface area contributed by atoms with Gasteiger partial charge in [0.2, 0.25) is 0 Å². The first kappa shape index (κ1) is 22.4. The van der Waals surface area contributed by atoms with Gasteiger partial charge in [-0.2, -0.15) is 5.10 Å². The second-order valence-corrected chi connectivity index (χ2v) is 5.67. The lowest BCUT2D eigenvalue weighted by atomic mass is 10.2. The van der Waals surface area contributed by atoms with Gasteiger partial charge in [-0.3, -0.25) is 9.59 Å². The van der Waals surface area contributed by atoms with Crippen molar-refractivity contribution in [3.05, 3.63) is 28.8 Å². The van der Waals surface area contributed by atoms with E-state index in [1.807, 2.05) is 6.92 Å². The molecule has 0 aliphatic carbocycles. The molecule has 1 aromatic carbocycles. The summed E-state index contributed by atoms with van der Waals surface area (Å²) in [4.78, 5) is 35.8. The van der Waals surface area contributed by atoms with Crippen LogP contribution in [-0.2, 0) is 30.4 Å². The first-order chi connectivity index (χ1) is 12.8. The summed E-state index contributed by atoms with van der Waals surface area (Å²) in [6.45, 7) is 5.35. The summed E-state index contributed by atoms with van der Waals surface area (Å²) in [5.74, 6) is -1.58. The third-order valence-electron chi connectivity index (χ3n) is 3.34. The number of nitrogens with zero attached hydrogens (tertiary/aromatic N) is 2. The molecule has 0 N–H and O–H groups in total. The molecule has 0 saturated heterocycles. The summed E-state index contributed by atoms with van der Waals surface area (Å²) >= 11 is 6.25. The molecule has 1 amide bonds. The molecule has 0 bridgehead atoms. The number of carbonyl (C=O) groups is 3. The average Bonchev–Trinajstić information content (AvgIpc) is 2.63. The van der Waals surface area contributed by atoms with Crippen LogP contribution in [0.3, 0.4) is 0 Å². The van der Waals surface area contributed by atoms with Crippen LogP contribution in [0.25, 0.3) is 0 Å². The van der Waals surface area contributed by atoms with Gasteiger partial charge in [0.05, 0.1) is 26.9 Å². The fourth-order valence-corrected chi connectivity index (χ4v) is 2.28. The Balaban J connectivity index is 3.22. The van der Waals surface area contributed by atoms with Gasteiger partial charge in [-0.25, -0.2) is 9.80 Å². The molecule has 0 atom stereocenters. The highest BCUT2D eigenvalue weighted by Crippen LogP contribution is 2.28. The highest BCUT2D eigenvalue weighted by Gasteiger charge is 2.22. The summed E-state index contributed by atoms with van der Waals surface area (Å²) in [5.41, 5.74) is 0.458. The molecule has 27 heavy (non-hydrogen) atoms. The van der Waals surface area contributed by atoms with Crippen molar-refractivity contribution in [3.8, 4) is 5.75 Å². The zero-order valence-electron chi connectivity index (χ0n) is 15.8. The number of methoxy groups -OCH3 is 1. The Labute approximate surface area is 163 Å². The molecule has 1 aromatic rings. The average molecular weight is 399 g/mol. The van der Waals surface area contributed by atoms with E-state index in [0.29, 0.717) is 22.9 Å². The van der Waals surface area contributed by atoms with Crippen LogP contribution in [0.1, 0.15) is 32.8 Å². The third kappa shape index (κ3) is 6.90. The van der Waals surface area contributed by atoms with Crippen LogP contribution in [0.4, 0.5) is 0 Å². The maximum absolute atomic E-state index is 12.5. The second kappa shape index (κ2) is 11.2. The summed E-state index contributed by atoms with van der Waals surface area (Å²) in [7, 11) is 1.17. The lowest BCUT2D eigenvalue weighted by Crippen LogP contribution is -2.30. The zero-order valence-corrected chi connectivity index (χ0v) is 16.5. The Morgan fingerprint density at radius 1 is 1.19 bits per heavy atom. The van der Waals surface area contributed by atoms with E-state index in [1.165, 1.54) is 14.0 Å². The topological polar surface area (TPSA) is 94.5 Å². The van der Waals surface area contributed by atoms with Crippen LogP contribution >= 0.6 is 11.6 Å². The molecule has 8 nitrogen and oxygen atoms in total. The van der Waals surface area contributed by atoms with E-state index in [0.717, 1.165) is 5.01 Å². The Bertz CT molecular complexity index is 720. The van der Waals surface area contributed by atoms with E-state index in [1.54, 1.807) is 25.1 Å². The summed E-state index contributed by atoms with van der Waals surface area (Å²) < 4.78 is 14.9. The lowest BCUT2D eigenvalue weighted by molar-refractivity contribution is -0.147. The highest BCUT2D eigenvalue weighted by molar-refractivity contribution is 6.35. The smallest absolute Gasteiger partial charge is 0.354 e. The van der Waals surface area contributed by atoms with Crippen LogP contribution in [0.2, 0.25) is 5.02 Å². The maximum Gasteiger partial charge on any atom is 0.354 e. The number of ether oxygens (including phenoxy) is 3. The number of esters is 2. The number of amides is 1. The molecule has 0 fully saturated rings. The quantitative estimate of drug-likeness (QED) is 0.274. The van der Waals surface area contributed by atoms with E-state index in [2.05, 4.69) is 9.84 Å². The Morgan fingerprint density at radius 3 is 2.48 bits per heavy atom. The van der Waals surface area contributed by atoms with Crippen LogP contribution < -0.4 is 4.74 Å². The molecule has 148 valence electrons. The van der Waals surface area contributed by atoms with E-state index < -0.39 is 24.3 Å². The fourth-order valence-electron chi connectivity index (χ4n) is 2.06. The van der Waals surface area contributed by atoms with E-state index in [4.69, 9.17) is 21.1 Å². The third-order valence-corrected chi connectivity index (χ3v) is 3.69. The summed E-state index contributed by atoms with van der Waals surface area (Å²) in [5, 5.41) is 5.36. The van der Waals surface area contributed by atoms with Crippen molar-refractivity contribution in [1.82, 2.24) is 5.01 Å². The molecule has 0 aliphatic heterocycles. The minimum atomic E-state index is -0.724. The highest BCUT2D eigenvalue weighted by atomic mass is 35.5. The largest absolute Gasteiger partial charge is 0.493 e. The van der Waals surface area contributed by atoms with Crippen molar-refractivity contribution in [1.29, 1.82) is 0 Å². The molecule has 0 unspecified atom stereocenters. The molecule has 0 aromatic heterocycles. The number of hydrogen-bond donors (Lipinski definition) is 0. The molecule has 0 heterocycles. The van der Waals surface area contributed by atoms with Gasteiger partial charge in [0.25, 0.3) is 5.91 Å². The van der Waals surface area contributed by atoms with Gasteiger partial charge in [-0.15, -0.1) is 0 Å². The number of carbonyl (C=O) groups excluding carboxylic acids is 3. The van der Waals surface area contributed by atoms with Crippen molar-refractivity contribution >= 4 is 35.2 Å². The fraction of sp³-hybridized carbons (Fsp3) is 0.444. The number of halogens is 1. The zero-order chi connectivity index (χ0) is 20.4. The van der Waals surface area contributed by atoms with Crippen LogP contribution in [0, 0.1) is 0 Å². The normalized spacial score (nSPS) is 10.9. The molecular formula is C18H23ClN2O6. The van der Waals surface area contributed by atoms with E-state index >= 15 is 0 Å². The minimum Gasteiger partial charge on any atom is -0.493 e. The molecular weight excluding hydrogens is 376 g/mol. The first-order valence-electron chi connectivity index (χ1n) is 8.33. The van der Waals surface area contributed by atoms with Gasteiger partial charge in [0.15, 0.2) is 0 Å². The van der Waals surface area contributed by atoms with E-state index in [9.17, 15) is 14.4 Å². The van der Waals surface area contributed by atoms with Gasteiger partial charge in [-0.1, -0.05) is 17.7 Å². The Hall–Kier alpha value is -2.61. The molecule has 1 rings (SSSR count). The SMILES string of the molecule is CCOC(=O)C(C)=NN(Cc1c(Cl)cccc1OCC)C(=O)CC(=O)OC. The summed E-state index contributed by atoms with van der Waals surface area (Å²) in [6, 6.07) is 5.06. The van der Waals surface area contributed by atoms with Crippen LogP contribution in [0.15, 0.2) is 23.3 Å². The minimum absolute atomic E-state index is 0.0416. The summed E-state index contributed by atoms with van der Waals surface area (Å²) in [6.07, 6.45) is -0.537. The molecule has 9 heteroatoms. The number of benzene rings is 1. The predicted octanol–water partition coefficient (Wildman–Crippen LogP) is 2.57. The monoisotopic (exact) mass is 398 g/mol. The van der Waals surface area contributed by atoms with Crippen molar-refractivity contribution < 1.29 is 28.6 Å². The first-order valence-corrected chi connectivity index (χ1v) is 8.71. The molecule has 0 aliphatic rings. The maximum atomic E-state index is 12.5. The van der Waals surface area contributed by atoms with Crippen molar-refractivity contribution in [2.45, 2.75) is 33.7 Å². The van der Waals surface area contributed by atoms with Crippen molar-refractivity contribution in [2.24, 2.45) is 5.10 Å².